The average Bonchev–Trinajstić information content (AvgIpc) is 2.89. The van der Waals surface area contributed by atoms with Gasteiger partial charge >= 0.3 is 0 Å². The second-order valence-electron chi connectivity index (χ2n) is 4.58. The summed E-state index contributed by atoms with van der Waals surface area (Å²) in [7, 11) is 0. The summed E-state index contributed by atoms with van der Waals surface area (Å²) in [6, 6.07) is 7.73. The first kappa shape index (κ1) is 15.5. The second-order valence-corrected chi connectivity index (χ2v) is 5.40. The van der Waals surface area contributed by atoms with Crippen molar-refractivity contribution in [1.29, 1.82) is 0 Å². The summed E-state index contributed by atoms with van der Waals surface area (Å²) in [5.41, 5.74) is 1.15. The highest BCUT2D eigenvalue weighted by Gasteiger charge is 2.06. The Morgan fingerprint density at radius 1 is 1.22 bits per heavy atom. The molecule has 0 aliphatic heterocycles. The number of fused-ring (bicyclic) bond motifs is 1. The topological polar surface area (TPSA) is 59.3 Å². The van der Waals surface area contributed by atoms with Crippen LogP contribution < -0.4 is 5.32 Å². The molecule has 0 saturated heterocycles. The molecule has 0 spiro atoms. The number of carbonyl (C=O) groups excluding carboxylic acids is 1. The number of rotatable bonds is 3. The molecule has 1 N–H and O–H groups in total. The number of aromatic nitrogens is 3. The van der Waals surface area contributed by atoms with Crippen molar-refractivity contribution in [2.24, 2.45) is 0 Å². The van der Waals surface area contributed by atoms with E-state index in [0.29, 0.717) is 15.7 Å². The average molecular weight is 351 g/mol. The van der Waals surface area contributed by atoms with Crippen molar-refractivity contribution in [2.75, 3.05) is 5.32 Å². The molecule has 0 aliphatic carbocycles. The number of nitrogens with zero attached hydrogens (tertiary/aromatic N) is 3. The van der Waals surface area contributed by atoms with Crippen molar-refractivity contribution in [3.05, 3.63) is 64.0 Å². The number of carbonyl (C=O) groups is 1. The zero-order valence-corrected chi connectivity index (χ0v) is 13.0. The van der Waals surface area contributed by atoms with Crippen molar-refractivity contribution in [2.45, 2.75) is 0 Å². The van der Waals surface area contributed by atoms with Gasteiger partial charge in [0, 0.05) is 6.08 Å². The third-order valence-corrected chi connectivity index (χ3v) is 3.64. The normalized spacial score (nSPS) is 11.3. The van der Waals surface area contributed by atoms with Gasteiger partial charge in [0.2, 0.25) is 5.95 Å². The molecule has 0 atom stereocenters. The van der Waals surface area contributed by atoms with Gasteiger partial charge in [-0.3, -0.25) is 10.1 Å². The maximum Gasteiger partial charge on any atom is 0.250 e. The lowest BCUT2D eigenvalue weighted by atomic mass is 10.2. The Labute approximate surface area is 140 Å². The molecule has 8 heteroatoms. The lowest BCUT2D eigenvalue weighted by Gasteiger charge is -1.98. The van der Waals surface area contributed by atoms with Gasteiger partial charge in [0.15, 0.2) is 5.65 Å². The largest absolute Gasteiger partial charge is 0.290 e. The number of nitrogens with one attached hydrogen (secondary N) is 1. The molecule has 0 radical (unpaired) electrons. The molecule has 0 unspecified atom stereocenters. The van der Waals surface area contributed by atoms with Gasteiger partial charge in [-0.2, -0.15) is 4.98 Å². The predicted octanol–water partition coefficient (Wildman–Crippen LogP) is 3.83. The van der Waals surface area contributed by atoms with Gasteiger partial charge in [-0.15, -0.1) is 5.10 Å². The van der Waals surface area contributed by atoms with Crippen LogP contribution in [0.3, 0.4) is 0 Å². The minimum Gasteiger partial charge on any atom is -0.290 e. The van der Waals surface area contributed by atoms with E-state index in [4.69, 9.17) is 23.2 Å². The molecular weight excluding hydrogens is 342 g/mol. The quantitative estimate of drug-likeness (QED) is 0.730. The Bertz CT molecular complexity index is 923. The highest BCUT2D eigenvalue weighted by atomic mass is 35.5. The number of benzene rings is 1. The maximum absolute atomic E-state index is 13.1. The molecular formula is C15H9Cl2FN4O. The van der Waals surface area contributed by atoms with Crippen LogP contribution in [0.2, 0.25) is 10.0 Å². The fraction of sp³-hybridized carbons (Fsp3) is 0. The van der Waals surface area contributed by atoms with Crippen molar-refractivity contribution < 1.29 is 9.18 Å². The fourth-order valence-electron chi connectivity index (χ4n) is 1.85. The molecule has 23 heavy (non-hydrogen) atoms. The highest BCUT2D eigenvalue weighted by molar-refractivity contribution is 6.42. The third kappa shape index (κ3) is 3.67. The fourth-order valence-corrected chi connectivity index (χ4v) is 2.16. The van der Waals surface area contributed by atoms with Crippen LogP contribution in [0.1, 0.15) is 5.56 Å². The first-order valence-electron chi connectivity index (χ1n) is 6.47. The molecule has 0 saturated carbocycles. The van der Waals surface area contributed by atoms with Crippen LogP contribution >= 0.6 is 23.2 Å². The molecule has 2 aromatic heterocycles. The summed E-state index contributed by atoms with van der Waals surface area (Å²) in [5.74, 6) is -0.786. The summed E-state index contributed by atoms with van der Waals surface area (Å²) < 4.78 is 14.3. The Kier molecular flexibility index (Phi) is 4.27. The number of anilines is 1. The third-order valence-electron chi connectivity index (χ3n) is 2.90. The number of halogens is 3. The summed E-state index contributed by atoms with van der Waals surface area (Å²) in [6.45, 7) is 0. The van der Waals surface area contributed by atoms with E-state index in [2.05, 4.69) is 15.4 Å². The lowest BCUT2D eigenvalue weighted by molar-refractivity contribution is -0.111. The van der Waals surface area contributed by atoms with Gasteiger partial charge in [-0.25, -0.2) is 8.91 Å². The van der Waals surface area contributed by atoms with Crippen LogP contribution in [0.4, 0.5) is 10.3 Å². The van der Waals surface area contributed by atoms with Crippen LogP contribution in [0.15, 0.2) is 42.6 Å². The van der Waals surface area contributed by atoms with Crippen molar-refractivity contribution >= 4 is 46.8 Å². The first-order valence-corrected chi connectivity index (χ1v) is 7.23. The van der Waals surface area contributed by atoms with E-state index in [0.717, 1.165) is 5.56 Å². The van der Waals surface area contributed by atoms with E-state index >= 15 is 0 Å². The molecule has 5 nitrogen and oxygen atoms in total. The Morgan fingerprint density at radius 2 is 2.04 bits per heavy atom. The summed E-state index contributed by atoms with van der Waals surface area (Å²) in [5, 5.41) is 7.29. The van der Waals surface area contributed by atoms with E-state index in [1.54, 1.807) is 24.3 Å². The van der Waals surface area contributed by atoms with Gasteiger partial charge in [-0.1, -0.05) is 29.3 Å². The van der Waals surface area contributed by atoms with E-state index < -0.39 is 11.7 Å². The second kappa shape index (κ2) is 6.36. The summed E-state index contributed by atoms with van der Waals surface area (Å²) in [4.78, 5) is 15.9. The Morgan fingerprint density at radius 3 is 2.83 bits per heavy atom. The van der Waals surface area contributed by atoms with Gasteiger partial charge in [0.25, 0.3) is 5.91 Å². The number of hydrogen-bond donors (Lipinski definition) is 1. The molecule has 0 bridgehead atoms. The van der Waals surface area contributed by atoms with Crippen LogP contribution in [0, 0.1) is 5.82 Å². The lowest BCUT2D eigenvalue weighted by Crippen LogP contribution is -2.09. The van der Waals surface area contributed by atoms with Gasteiger partial charge in [0.1, 0.15) is 5.82 Å². The molecule has 0 aliphatic rings. The van der Waals surface area contributed by atoms with E-state index in [9.17, 15) is 9.18 Å². The zero-order chi connectivity index (χ0) is 16.4. The number of amides is 1. The number of hydrogen-bond acceptors (Lipinski definition) is 3. The smallest absolute Gasteiger partial charge is 0.250 e. The van der Waals surface area contributed by atoms with Gasteiger partial charge in [0.05, 0.1) is 16.2 Å². The number of pyridine rings is 1. The molecule has 0 fully saturated rings. The Balaban J connectivity index is 1.72. The monoisotopic (exact) mass is 350 g/mol. The van der Waals surface area contributed by atoms with Crippen molar-refractivity contribution in [3.8, 4) is 0 Å². The van der Waals surface area contributed by atoms with Crippen LogP contribution in [-0.2, 0) is 4.79 Å². The molecule has 116 valence electrons. The summed E-state index contributed by atoms with van der Waals surface area (Å²) >= 11 is 11.7. The molecule has 1 amide bonds. The molecule has 3 rings (SSSR count). The van der Waals surface area contributed by atoms with E-state index in [1.165, 1.54) is 28.9 Å². The van der Waals surface area contributed by atoms with Crippen LogP contribution in [-0.4, -0.2) is 20.5 Å². The summed E-state index contributed by atoms with van der Waals surface area (Å²) in [6.07, 6.45) is 4.06. The van der Waals surface area contributed by atoms with E-state index in [1.807, 2.05) is 0 Å². The van der Waals surface area contributed by atoms with Crippen molar-refractivity contribution in [3.63, 3.8) is 0 Å². The van der Waals surface area contributed by atoms with Crippen LogP contribution in [0.25, 0.3) is 11.7 Å². The maximum atomic E-state index is 13.1. The van der Waals surface area contributed by atoms with E-state index in [-0.39, 0.29) is 5.95 Å². The molecule has 2 heterocycles. The minimum atomic E-state index is -0.445. The zero-order valence-electron chi connectivity index (χ0n) is 11.5. The molecule has 3 aromatic rings. The van der Waals surface area contributed by atoms with Crippen LogP contribution in [0.5, 0.6) is 0 Å². The predicted molar refractivity (Wildman–Crippen MR) is 87.1 cm³/mol. The Hall–Kier alpha value is -2.44. The van der Waals surface area contributed by atoms with Gasteiger partial charge < -0.3 is 0 Å². The first-order chi connectivity index (χ1) is 11.0. The SMILES string of the molecule is O=C(/C=C\c1ccc(Cl)c(Cl)c1)Nc1nc2ccc(F)cn2n1. The standard InChI is InChI=1S/C15H9Cl2FN4O/c16-11-4-1-9(7-12(11)17)2-6-14(23)20-15-19-13-5-3-10(18)8-22(13)21-15/h1-8H,(H,20,21,23)/b6-2-. The van der Waals surface area contributed by atoms with Gasteiger partial charge in [-0.05, 0) is 35.9 Å². The minimum absolute atomic E-state index is 0.0828. The highest BCUT2D eigenvalue weighted by Crippen LogP contribution is 2.23. The molecule has 1 aromatic carbocycles. The van der Waals surface area contributed by atoms with Crippen molar-refractivity contribution in [1.82, 2.24) is 14.6 Å².